The Labute approximate surface area is 160 Å². The SMILES string of the molecule is O=C(CNC(=O)c1cccc(F)c1)NCc1ccc(-c2ccc(Cl)cc2)o1. The van der Waals surface area contributed by atoms with Crippen LogP contribution in [-0.4, -0.2) is 18.4 Å². The number of hydrogen-bond donors (Lipinski definition) is 2. The Morgan fingerprint density at radius 2 is 1.78 bits per heavy atom. The van der Waals surface area contributed by atoms with Crippen molar-refractivity contribution < 1.29 is 18.4 Å². The van der Waals surface area contributed by atoms with E-state index in [1.165, 1.54) is 18.2 Å². The van der Waals surface area contributed by atoms with Gasteiger partial charge in [0.2, 0.25) is 5.91 Å². The van der Waals surface area contributed by atoms with Crippen molar-refractivity contribution in [2.24, 2.45) is 0 Å². The third-order valence-corrected chi connectivity index (χ3v) is 4.00. The first-order valence-corrected chi connectivity index (χ1v) is 8.54. The van der Waals surface area contributed by atoms with Gasteiger partial charge in [0, 0.05) is 16.1 Å². The van der Waals surface area contributed by atoms with Gasteiger partial charge in [0.05, 0.1) is 13.1 Å². The predicted octanol–water partition coefficient (Wildman–Crippen LogP) is 3.79. The number of nitrogens with one attached hydrogen (secondary N) is 2. The van der Waals surface area contributed by atoms with Gasteiger partial charge in [-0.3, -0.25) is 9.59 Å². The van der Waals surface area contributed by atoms with E-state index in [4.69, 9.17) is 16.0 Å². The van der Waals surface area contributed by atoms with Crippen molar-refractivity contribution in [2.45, 2.75) is 6.54 Å². The number of halogens is 2. The van der Waals surface area contributed by atoms with Gasteiger partial charge < -0.3 is 15.1 Å². The van der Waals surface area contributed by atoms with Crippen LogP contribution in [0.2, 0.25) is 5.02 Å². The number of benzene rings is 2. The van der Waals surface area contributed by atoms with E-state index in [-0.39, 0.29) is 24.6 Å². The molecule has 0 spiro atoms. The molecule has 5 nitrogen and oxygen atoms in total. The van der Waals surface area contributed by atoms with Crippen LogP contribution >= 0.6 is 11.6 Å². The molecule has 0 saturated carbocycles. The Morgan fingerprint density at radius 1 is 1.00 bits per heavy atom. The molecule has 0 aliphatic rings. The van der Waals surface area contributed by atoms with E-state index < -0.39 is 11.7 Å². The number of amides is 2. The molecular formula is C20H16ClFN2O3. The maximum absolute atomic E-state index is 13.1. The second-order valence-electron chi connectivity index (χ2n) is 5.74. The molecule has 0 saturated heterocycles. The summed E-state index contributed by atoms with van der Waals surface area (Å²) in [7, 11) is 0. The lowest BCUT2D eigenvalue weighted by Gasteiger charge is -2.06. The van der Waals surface area contributed by atoms with Gasteiger partial charge in [-0.2, -0.15) is 0 Å². The standard InChI is InChI=1S/C20H16ClFN2O3/c21-15-6-4-13(5-7-15)18-9-8-17(27-18)11-23-19(25)12-24-20(26)14-2-1-3-16(22)10-14/h1-10H,11-12H2,(H,23,25)(H,24,26). The highest BCUT2D eigenvalue weighted by Gasteiger charge is 2.10. The minimum absolute atomic E-state index is 0.154. The van der Waals surface area contributed by atoms with E-state index in [0.29, 0.717) is 16.5 Å². The van der Waals surface area contributed by atoms with Gasteiger partial charge in [-0.1, -0.05) is 17.7 Å². The molecule has 0 aliphatic heterocycles. The van der Waals surface area contributed by atoms with Gasteiger partial charge in [-0.05, 0) is 54.6 Å². The van der Waals surface area contributed by atoms with Gasteiger partial charge in [0.1, 0.15) is 17.3 Å². The van der Waals surface area contributed by atoms with E-state index in [2.05, 4.69) is 10.6 Å². The molecule has 3 aromatic rings. The summed E-state index contributed by atoms with van der Waals surface area (Å²) in [6.07, 6.45) is 0. The van der Waals surface area contributed by atoms with E-state index in [9.17, 15) is 14.0 Å². The van der Waals surface area contributed by atoms with E-state index >= 15 is 0 Å². The van der Waals surface area contributed by atoms with Crippen LogP contribution in [0.3, 0.4) is 0 Å². The highest BCUT2D eigenvalue weighted by molar-refractivity contribution is 6.30. The molecule has 7 heteroatoms. The molecule has 27 heavy (non-hydrogen) atoms. The fraction of sp³-hybridized carbons (Fsp3) is 0.100. The minimum atomic E-state index is -0.521. The Hall–Kier alpha value is -3.12. The topological polar surface area (TPSA) is 71.3 Å². The van der Waals surface area contributed by atoms with Crippen LogP contribution in [0.15, 0.2) is 65.1 Å². The number of furan rings is 1. The average molecular weight is 387 g/mol. The van der Waals surface area contributed by atoms with Gasteiger partial charge in [-0.15, -0.1) is 0 Å². The molecule has 3 rings (SSSR count). The third-order valence-electron chi connectivity index (χ3n) is 3.75. The summed E-state index contributed by atoms with van der Waals surface area (Å²) < 4.78 is 18.8. The first kappa shape index (κ1) is 18.7. The van der Waals surface area contributed by atoms with Crippen molar-refractivity contribution in [1.82, 2.24) is 10.6 Å². The number of carbonyl (C=O) groups excluding carboxylic acids is 2. The van der Waals surface area contributed by atoms with Gasteiger partial charge in [-0.25, -0.2) is 4.39 Å². The molecular weight excluding hydrogens is 371 g/mol. The molecule has 2 amide bonds. The molecule has 2 aromatic carbocycles. The second kappa shape index (κ2) is 8.51. The average Bonchev–Trinajstić information content (AvgIpc) is 3.14. The van der Waals surface area contributed by atoms with Crippen molar-refractivity contribution in [3.63, 3.8) is 0 Å². The molecule has 1 heterocycles. The Kier molecular flexibility index (Phi) is 5.88. The zero-order valence-corrected chi connectivity index (χ0v) is 14.9. The monoisotopic (exact) mass is 386 g/mol. The second-order valence-corrected chi connectivity index (χ2v) is 6.18. The molecule has 2 N–H and O–H groups in total. The quantitative estimate of drug-likeness (QED) is 0.677. The number of hydrogen-bond acceptors (Lipinski definition) is 3. The summed E-state index contributed by atoms with van der Waals surface area (Å²) in [5, 5.41) is 5.72. The summed E-state index contributed by atoms with van der Waals surface area (Å²) in [5.41, 5.74) is 1.03. The molecule has 0 radical (unpaired) electrons. The van der Waals surface area contributed by atoms with Crippen molar-refractivity contribution in [1.29, 1.82) is 0 Å². The molecule has 0 bridgehead atoms. The summed E-state index contributed by atoms with van der Waals surface area (Å²) in [6, 6.07) is 16.0. The van der Waals surface area contributed by atoms with Crippen LogP contribution in [0.1, 0.15) is 16.1 Å². The Morgan fingerprint density at radius 3 is 2.52 bits per heavy atom. The lowest BCUT2D eigenvalue weighted by molar-refractivity contribution is -0.120. The molecule has 138 valence electrons. The maximum atomic E-state index is 13.1. The van der Waals surface area contributed by atoms with Crippen LogP contribution in [0, 0.1) is 5.82 Å². The van der Waals surface area contributed by atoms with Crippen molar-refractivity contribution in [3.8, 4) is 11.3 Å². The maximum Gasteiger partial charge on any atom is 0.251 e. The predicted molar refractivity (Wildman–Crippen MR) is 99.7 cm³/mol. The molecule has 0 atom stereocenters. The smallest absolute Gasteiger partial charge is 0.251 e. The van der Waals surface area contributed by atoms with Gasteiger partial charge in [0.25, 0.3) is 5.91 Å². The van der Waals surface area contributed by atoms with E-state index in [0.717, 1.165) is 11.6 Å². The lowest BCUT2D eigenvalue weighted by atomic mass is 10.2. The van der Waals surface area contributed by atoms with Crippen LogP contribution in [0.4, 0.5) is 4.39 Å². The van der Waals surface area contributed by atoms with Crippen LogP contribution in [-0.2, 0) is 11.3 Å². The van der Waals surface area contributed by atoms with Crippen LogP contribution in [0.25, 0.3) is 11.3 Å². The highest BCUT2D eigenvalue weighted by Crippen LogP contribution is 2.23. The fourth-order valence-corrected chi connectivity index (χ4v) is 2.51. The van der Waals surface area contributed by atoms with Gasteiger partial charge >= 0.3 is 0 Å². The summed E-state index contributed by atoms with van der Waals surface area (Å²) >= 11 is 5.86. The summed E-state index contributed by atoms with van der Waals surface area (Å²) in [6.45, 7) is -0.0393. The van der Waals surface area contributed by atoms with Crippen molar-refractivity contribution in [3.05, 3.63) is 82.8 Å². The number of rotatable bonds is 6. The van der Waals surface area contributed by atoms with E-state index in [1.807, 2.05) is 12.1 Å². The molecule has 0 fully saturated rings. The van der Waals surface area contributed by atoms with Crippen LogP contribution in [0.5, 0.6) is 0 Å². The molecule has 0 aliphatic carbocycles. The largest absolute Gasteiger partial charge is 0.459 e. The zero-order valence-electron chi connectivity index (χ0n) is 14.2. The first-order valence-electron chi connectivity index (χ1n) is 8.16. The minimum Gasteiger partial charge on any atom is -0.459 e. The summed E-state index contributed by atoms with van der Waals surface area (Å²) in [4.78, 5) is 23.8. The van der Waals surface area contributed by atoms with Crippen LogP contribution < -0.4 is 10.6 Å². The third kappa shape index (κ3) is 5.18. The zero-order chi connectivity index (χ0) is 19.2. The molecule has 1 aromatic heterocycles. The van der Waals surface area contributed by atoms with Gasteiger partial charge in [0.15, 0.2) is 0 Å². The first-order chi connectivity index (χ1) is 13.0. The Balaban J connectivity index is 1.48. The fourth-order valence-electron chi connectivity index (χ4n) is 2.38. The van der Waals surface area contributed by atoms with E-state index in [1.54, 1.807) is 24.3 Å². The summed E-state index contributed by atoms with van der Waals surface area (Å²) in [5.74, 6) is -0.182. The highest BCUT2D eigenvalue weighted by atomic mass is 35.5. The van der Waals surface area contributed by atoms with Crippen molar-refractivity contribution in [2.75, 3.05) is 6.54 Å². The normalized spacial score (nSPS) is 10.4. The lowest BCUT2D eigenvalue weighted by Crippen LogP contribution is -2.36. The molecule has 0 unspecified atom stereocenters. The van der Waals surface area contributed by atoms with Crippen molar-refractivity contribution >= 4 is 23.4 Å². The number of carbonyl (C=O) groups is 2. The Bertz CT molecular complexity index is 954.